The molecule has 0 saturated carbocycles. The van der Waals surface area contributed by atoms with E-state index in [0.717, 1.165) is 10.9 Å². The average Bonchev–Trinajstić information content (AvgIpc) is 2.48. The van der Waals surface area contributed by atoms with Gasteiger partial charge < -0.3 is 5.32 Å². The summed E-state index contributed by atoms with van der Waals surface area (Å²) in [4.78, 5) is 0. The minimum atomic E-state index is 0.389. The van der Waals surface area contributed by atoms with E-state index < -0.39 is 0 Å². The Morgan fingerprint density at radius 2 is 1.71 bits per heavy atom. The van der Waals surface area contributed by atoms with Crippen molar-refractivity contribution in [3.05, 3.63) is 68.1 Å². The number of fused-ring (bicyclic) bond motifs is 1. The molecule has 0 heterocycles. The van der Waals surface area contributed by atoms with Gasteiger partial charge in [-0.2, -0.15) is 0 Å². The molecule has 0 aliphatic heterocycles. The van der Waals surface area contributed by atoms with Crippen molar-refractivity contribution in [1.82, 2.24) is 5.32 Å². The number of halogens is 2. The number of hydrogen-bond donors (Lipinski definition) is 1. The Morgan fingerprint density at radius 1 is 1.00 bits per heavy atom. The first-order valence-electron chi connectivity index (χ1n) is 7.40. The van der Waals surface area contributed by atoms with E-state index in [2.05, 4.69) is 86.6 Å². The van der Waals surface area contributed by atoms with Gasteiger partial charge in [-0.1, -0.05) is 50.1 Å². The van der Waals surface area contributed by atoms with E-state index in [0.29, 0.717) is 12.1 Å². The van der Waals surface area contributed by atoms with E-state index >= 15 is 0 Å². The molecule has 1 nitrogen and oxygen atoms in total. The van der Waals surface area contributed by atoms with Crippen LogP contribution in [-0.4, -0.2) is 6.04 Å². The normalized spacial score (nSPS) is 19.1. The highest BCUT2D eigenvalue weighted by Gasteiger charge is 2.20. The zero-order valence-electron chi connectivity index (χ0n) is 12.1. The molecule has 1 aliphatic carbocycles. The summed E-state index contributed by atoms with van der Waals surface area (Å²) in [5.74, 6) is 0. The maximum absolute atomic E-state index is 3.78. The molecule has 0 radical (unpaired) electrons. The number of hydrogen-bond acceptors (Lipinski definition) is 1. The standard InChI is InChI=1S/C18H19Br2N/c1-12(13-2-6-16(19)7-3-13)21-18-9-5-14-10-17(20)8-4-15(14)11-18/h2-4,6-8,10,12,18,21H,5,9,11H2,1H3/t12-,18?/m0/s1. The van der Waals surface area contributed by atoms with Gasteiger partial charge in [-0.15, -0.1) is 0 Å². The second-order valence-corrected chi connectivity index (χ2v) is 7.62. The van der Waals surface area contributed by atoms with E-state index in [1.165, 1.54) is 34.0 Å². The van der Waals surface area contributed by atoms with Crippen molar-refractivity contribution in [2.24, 2.45) is 0 Å². The van der Waals surface area contributed by atoms with Gasteiger partial charge in [0.25, 0.3) is 0 Å². The summed E-state index contributed by atoms with van der Waals surface area (Å²) in [6.45, 7) is 2.25. The van der Waals surface area contributed by atoms with Gasteiger partial charge in [-0.05, 0) is 67.1 Å². The molecule has 0 amide bonds. The Kier molecular flexibility index (Phi) is 4.82. The zero-order chi connectivity index (χ0) is 14.8. The molecule has 1 aliphatic rings. The minimum Gasteiger partial charge on any atom is -0.307 e. The maximum Gasteiger partial charge on any atom is 0.0294 e. The Hall–Kier alpha value is -0.640. The molecule has 0 spiro atoms. The second-order valence-electron chi connectivity index (χ2n) is 5.79. The number of rotatable bonds is 3. The molecule has 0 bridgehead atoms. The average molecular weight is 409 g/mol. The molecule has 2 aromatic carbocycles. The summed E-state index contributed by atoms with van der Waals surface area (Å²) >= 11 is 7.06. The number of aryl methyl sites for hydroxylation is 1. The van der Waals surface area contributed by atoms with Gasteiger partial charge >= 0.3 is 0 Å². The lowest BCUT2D eigenvalue weighted by atomic mass is 9.88. The summed E-state index contributed by atoms with van der Waals surface area (Å²) in [6.07, 6.45) is 3.51. The van der Waals surface area contributed by atoms with Gasteiger partial charge in [0.2, 0.25) is 0 Å². The Morgan fingerprint density at radius 3 is 2.48 bits per heavy atom. The first-order chi connectivity index (χ1) is 10.1. The smallest absolute Gasteiger partial charge is 0.0294 e. The third-order valence-electron chi connectivity index (χ3n) is 4.25. The lowest BCUT2D eigenvalue weighted by Crippen LogP contribution is -2.36. The fraction of sp³-hybridized carbons (Fsp3) is 0.333. The SMILES string of the molecule is C[C@H](NC1CCc2cc(Br)ccc2C1)c1ccc(Br)cc1. The van der Waals surface area contributed by atoms with E-state index in [1.807, 2.05) is 0 Å². The van der Waals surface area contributed by atoms with Crippen LogP contribution in [0.1, 0.15) is 36.1 Å². The van der Waals surface area contributed by atoms with Crippen LogP contribution in [0.15, 0.2) is 51.4 Å². The highest BCUT2D eigenvalue weighted by molar-refractivity contribution is 9.10. The van der Waals surface area contributed by atoms with Gasteiger partial charge in [-0.3, -0.25) is 0 Å². The van der Waals surface area contributed by atoms with Gasteiger partial charge in [0.05, 0.1) is 0 Å². The van der Waals surface area contributed by atoms with Crippen LogP contribution in [0.5, 0.6) is 0 Å². The predicted octanol–water partition coefficient (Wildman–Crippen LogP) is 5.42. The fourth-order valence-corrected chi connectivity index (χ4v) is 3.74. The van der Waals surface area contributed by atoms with Crippen LogP contribution in [0.2, 0.25) is 0 Å². The third-order valence-corrected chi connectivity index (χ3v) is 5.27. The third kappa shape index (κ3) is 3.77. The largest absolute Gasteiger partial charge is 0.307 e. The lowest BCUT2D eigenvalue weighted by molar-refractivity contribution is 0.413. The van der Waals surface area contributed by atoms with Gasteiger partial charge in [0, 0.05) is 21.0 Å². The fourth-order valence-electron chi connectivity index (χ4n) is 3.07. The molecule has 110 valence electrons. The number of benzene rings is 2. The highest BCUT2D eigenvalue weighted by atomic mass is 79.9. The van der Waals surface area contributed by atoms with Crippen LogP contribution in [0.3, 0.4) is 0 Å². The van der Waals surface area contributed by atoms with E-state index in [1.54, 1.807) is 0 Å². The summed E-state index contributed by atoms with van der Waals surface area (Å²) < 4.78 is 2.33. The predicted molar refractivity (Wildman–Crippen MR) is 95.6 cm³/mol. The Bertz CT molecular complexity index is 622. The molecule has 1 unspecified atom stereocenters. The molecule has 0 aromatic heterocycles. The van der Waals surface area contributed by atoms with Crippen molar-refractivity contribution >= 4 is 31.9 Å². The molecule has 21 heavy (non-hydrogen) atoms. The van der Waals surface area contributed by atoms with Crippen LogP contribution < -0.4 is 5.32 Å². The van der Waals surface area contributed by atoms with Crippen molar-refractivity contribution in [2.75, 3.05) is 0 Å². The lowest BCUT2D eigenvalue weighted by Gasteiger charge is -2.29. The highest BCUT2D eigenvalue weighted by Crippen LogP contribution is 2.26. The van der Waals surface area contributed by atoms with Crippen molar-refractivity contribution < 1.29 is 0 Å². The van der Waals surface area contributed by atoms with Gasteiger partial charge in [-0.25, -0.2) is 0 Å². The van der Waals surface area contributed by atoms with Gasteiger partial charge in [0.1, 0.15) is 0 Å². The van der Waals surface area contributed by atoms with E-state index in [4.69, 9.17) is 0 Å². The topological polar surface area (TPSA) is 12.0 Å². The molecule has 2 aromatic rings. The second kappa shape index (κ2) is 6.64. The molecule has 3 heteroatoms. The molecular weight excluding hydrogens is 390 g/mol. The molecule has 2 atom stereocenters. The summed E-state index contributed by atoms with van der Waals surface area (Å²) in [7, 11) is 0. The van der Waals surface area contributed by atoms with Gasteiger partial charge in [0.15, 0.2) is 0 Å². The monoisotopic (exact) mass is 407 g/mol. The van der Waals surface area contributed by atoms with Crippen LogP contribution >= 0.6 is 31.9 Å². The van der Waals surface area contributed by atoms with Crippen molar-refractivity contribution in [2.45, 2.75) is 38.3 Å². The Balaban J connectivity index is 1.66. The van der Waals surface area contributed by atoms with Crippen LogP contribution in [0.25, 0.3) is 0 Å². The Labute approximate surface area is 143 Å². The van der Waals surface area contributed by atoms with Crippen molar-refractivity contribution in [3.8, 4) is 0 Å². The minimum absolute atomic E-state index is 0.389. The molecular formula is C18H19Br2N. The quantitative estimate of drug-likeness (QED) is 0.714. The molecule has 3 rings (SSSR count). The van der Waals surface area contributed by atoms with E-state index in [-0.39, 0.29) is 0 Å². The molecule has 0 saturated heterocycles. The summed E-state index contributed by atoms with van der Waals surface area (Å²) in [5, 5.41) is 3.78. The maximum atomic E-state index is 3.78. The first kappa shape index (κ1) is 15.3. The van der Waals surface area contributed by atoms with Crippen LogP contribution in [0, 0.1) is 0 Å². The van der Waals surface area contributed by atoms with Crippen molar-refractivity contribution in [3.63, 3.8) is 0 Å². The first-order valence-corrected chi connectivity index (χ1v) is 8.99. The van der Waals surface area contributed by atoms with E-state index in [9.17, 15) is 0 Å². The molecule has 1 N–H and O–H groups in total. The summed E-state index contributed by atoms with van der Waals surface area (Å²) in [6, 6.07) is 16.2. The zero-order valence-corrected chi connectivity index (χ0v) is 15.2. The van der Waals surface area contributed by atoms with Crippen molar-refractivity contribution in [1.29, 1.82) is 0 Å². The van der Waals surface area contributed by atoms with Crippen LogP contribution in [0.4, 0.5) is 0 Å². The van der Waals surface area contributed by atoms with Crippen LogP contribution in [-0.2, 0) is 12.8 Å². The molecule has 0 fully saturated rings. The number of nitrogens with one attached hydrogen (secondary N) is 1. The summed E-state index contributed by atoms with van der Waals surface area (Å²) in [5.41, 5.74) is 4.34.